The summed E-state index contributed by atoms with van der Waals surface area (Å²) in [4.78, 5) is 3.86. The molecule has 0 amide bonds. The number of hydrogen-bond acceptors (Lipinski definition) is 3. The second-order valence-electron chi connectivity index (χ2n) is 4.40. The van der Waals surface area contributed by atoms with Gasteiger partial charge in [0, 0.05) is 6.20 Å². The maximum atomic E-state index is 12.8. The van der Waals surface area contributed by atoms with Crippen molar-refractivity contribution < 1.29 is 12.8 Å². The van der Waals surface area contributed by atoms with Crippen LogP contribution in [0.4, 0.5) is 4.39 Å². The van der Waals surface area contributed by atoms with E-state index in [9.17, 15) is 12.8 Å². The first-order valence-electron chi connectivity index (χ1n) is 5.88. The van der Waals surface area contributed by atoms with Crippen LogP contribution in [0.2, 0.25) is 0 Å². The number of rotatable bonds is 4. The van der Waals surface area contributed by atoms with Crippen molar-refractivity contribution >= 4 is 9.84 Å². The monoisotopic (exact) mass is 279 g/mol. The summed E-state index contributed by atoms with van der Waals surface area (Å²) in [6.07, 6.45) is 1.45. The lowest BCUT2D eigenvalue weighted by atomic mass is 10.0. The Bertz CT molecular complexity index is 639. The third-order valence-corrected chi connectivity index (χ3v) is 4.68. The van der Waals surface area contributed by atoms with Crippen LogP contribution in [-0.4, -0.2) is 19.2 Å². The Morgan fingerprint density at radius 1 is 1.16 bits per heavy atom. The summed E-state index contributed by atoms with van der Waals surface area (Å²) < 4.78 is 37.1. The summed E-state index contributed by atoms with van der Waals surface area (Å²) in [5.41, 5.74) is 0.793. The van der Waals surface area contributed by atoms with E-state index in [-0.39, 0.29) is 22.5 Å². The zero-order valence-electron chi connectivity index (χ0n) is 10.5. The molecule has 0 radical (unpaired) electrons. The van der Waals surface area contributed by atoms with Gasteiger partial charge in [-0.15, -0.1) is 0 Å². The highest BCUT2D eigenvalue weighted by Crippen LogP contribution is 2.20. The van der Waals surface area contributed by atoms with Crippen LogP contribution in [0.3, 0.4) is 0 Å². The number of benzene rings is 1. The molecule has 3 nitrogen and oxygen atoms in total. The first-order chi connectivity index (χ1) is 8.99. The number of pyridine rings is 1. The maximum absolute atomic E-state index is 12.8. The highest BCUT2D eigenvalue weighted by molar-refractivity contribution is 7.91. The first kappa shape index (κ1) is 13.7. The normalized spacial score (nSPS) is 13.2. The molecule has 1 heterocycles. The van der Waals surface area contributed by atoms with Crippen molar-refractivity contribution in [2.45, 2.75) is 17.9 Å². The summed E-state index contributed by atoms with van der Waals surface area (Å²) in [6, 6.07) is 10.7. The van der Waals surface area contributed by atoms with Gasteiger partial charge in [-0.05, 0) is 35.7 Å². The molecule has 0 aliphatic carbocycles. The average molecular weight is 279 g/mol. The summed E-state index contributed by atoms with van der Waals surface area (Å²) >= 11 is 0. The Labute approximate surface area is 112 Å². The van der Waals surface area contributed by atoms with Crippen LogP contribution in [0.1, 0.15) is 18.4 Å². The maximum Gasteiger partial charge on any atom is 0.196 e. The van der Waals surface area contributed by atoms with Crippen LogP contribution in [0.5, 0.6) is 0 Å². The van der Waals surface area contributed by atoms with Gasteiger partial charge in [0.2, 0.25) is 0 Å². The van der Waals surface area contributed by atoms with Crippen LogP contribution in [0.15, 0.2) is 53.7 Å². The topological polar surface area (TPSA) is 47.0 Å². The molecule has 0 N–H and O–H groups in total. The Hall–Kier alpha value is -1.75. The van der Waals surface area contributed by atoms with E-state index in [2.05, 4.69) is 4.98 Å². The van der Waals surface area contributed by atoms with Gasteiger partial charge in [0.25, 0.3) is 0 Å². The number of hydrogen-bond donors (Lipinski definition) is 0. The Balaban J connectivity index is 2.19. The van der Waals surface area contributed by atoms with Gasteiger partial charge in [-0.25, -0.2) is 17.8 Å². The van der Waals surface area contributed by atoms with Crippen LogP contribution in [-0.2, 0) is 9.84 Å². The molecule has 0 aliphatic heterocycles. The second-order valence-corrected chi connectivity index (χ2v) is 6.38. The van der Waals surface area contributed by atoms with Crippen molar-refractivity contribution in [3.8, 4) is 0 Å². The van der Waals surface area contributed by atoms with E-state index in [1.54, 1.807) is 31.2 Å². The Morgan fingerprint density at radius 2 is 1.84 bits per heavy atom. The van der Waals surface area contributed by atoms with Gasteiger partial charge in [-0.2, -0.15) is 0 Å². The highest BCUT2D eigenvalue weighted by Gasteiger charge is 2.20. The van der Waals surface area contributed by atoms with Gasteiger partial charge < -0.3 is 0 Å². The smallest absolute Gasteiger partial charge is 0.196 e. The predicted octanol–water partition coefficient (Wildman–Crippen LogP) is 2.80. The van der Waals surface area contributed by atoms with E-state index in [0.717, 1.165) is 5.56 Å². The van der Waals surface area contributed by atoms with Crippen molar-refractivity contribution in [2.24, 2.45) is 0 Å². The van der Waals surface area contributed by atoms with Crippen molar-refractivity contribution in [3.63, 3.8) is 0 Å². The van der Waals surface area contributed by atoms with Crippen LogP contribution in [0.25, 0.3) is 0 Å². The molecule has 5 heteroatoms. The molecule has 0 fully saturated rings. The molecule has 0 bridgehead atoms. The minimum atomic E-state index is -3.42. The van der Waals surface area contributed by atoms with Gasteiger partial charge in [-0.3, -0.25) is 0 Å². The van der Waals surface area contributed by atoms with Gasteiger partial charge in [-0.1, -0.05) is 25.1 Å². The molecule has 0 saturated heterocycles. The fourth-order valence-electron chi connectivity index (χ4n) is 1.83. The molecule has 1 aromatic carbocycles. The molecule has 0 aliphatic rings. The SMILES string of the molecule is C[C@@H](CS(=O)(=O)c1ccccn1)c1ccc(F)cc1. The summed E-state index contributed by atoms with van der Waals surface area (Å²) in [5.74, 6) is -0.591. The number of aromatic nitrogens is 1. The molecule has 0 unspecified atom stereocenters. The minimum absolute atomic E-state index is 0.0460. The molecule has 0 spiro atoms. The Kier molecular flexibility index (Phi) is 3.95. The van der Waals surface area contributed by atoms with E-state index in [0.29, 0.717) is 0 Å². The number of halogens is 1. The molecule has 1 atom stereocenters. The standard InChI is InChI=1S/C14H14FNO2S/c1-11(12-5-7-13(15)8-6-12)10-19(17,18)14-4-2-3-9-16-14/h2-9,11H,10H2,1H3/t11-/m0/s1. The van der Waals surface area contributed by atoms with E-state index in [1.165, 1.54) is 24.4 Å². The Morgan fingerprint density at radius 3 is 2.42 bits per heavy atom. The average Bonchev–Trinajstić information content (AvgIpc) is 2.40. The van der Waals surface area contributed by atoms with Crippen LogP contribution < -0.4 is 0 Å². The fraction of sp³-hybridized carbons (Fsp3) is 0.214. The van der Waals surface area contributed by atoms with Gasteiger partial charge in [0.05, 0.1) is 5.75 Å². The molecular formula is C14H14FNO2S. The van der Waals surface area contributed by atoms with Crippen molar-refractivity contribution in [2.75, 3.05) is 5.75 Å². The third-order valence-electron chi connectivity index (χ3n) is 2.86. The molecule has 2 aromatic rings. The van der Waals surface area contributed by atoms with Crippen LogP contribution >= 0.6 is 0 Å². The lowest BCUT2D eigenvalue weighted by Crippen LogP contribution is -2.14. The van der Waals surface area contributed by atoms with E-state index in [4.69, 9.17) is 0 Å². The van der Waals surface area contributed by atoms with Gasteiger partial charge >= 0.3 is 0 Å². The summed E-state index contributed by atoms with van der Waals surface area (Å²) in [7, 11) is -3.42. The largest absolute Gasteiger partial charge is 0.245 e. The van der Waals surface area contributed by atoms with Gasteiger partial charge in [0.1, 0.15) is 5.82 Å². The zero-order valence-corrected chi connectivity index (χ0v) is 11.3. The van der Waals surface area contributed by atoms with Crippen molar-refractivity contribution in [3.05, 3.63) is 60.0 Å². The second kappa shape index (κ2) is 5.48. The minimum Gasteiger partial charge on any atom is -0.245 e. The van der Waals surface area contributed by atoms with Crippen LogP contribution in [0, 0.1) is 5.82 Å². The van der Waals surface area contributed by atoms with E-state index in [1.807, 2.05) is 0 Å². The molecule has 1 aromatic heterocycles. The highest BCUT2D eigenvalue weighted by atomic mass is 32.2. The molecule has 0 saturated carbocycles. The zero-order chi connectivity index (χ0) is 13.9. The lowest BCUT2D eigenvalue weighted by Gasteiger charge is -2.12. The summed E-state index contributed by atoms with van der Waals surface area (Å²) in [6.45, 7) is 1.80. The summed E-state index contributed by atoms with van der Waals surface area (Å²) in [5, 5.41) is 0.0731. The quantitative estimate of drug-likeness (QED) is 0.864. The van der Waals surface area contributed by atoms with E-state index >= 15 is 0 Å². The molecule has 19 heavy (non-hydrogen) atoms. The molecule has 2 rings (SSSR count). The number of nitrogens with zero attached hydrogens (tertiary/aromatic N) is 1. The molecular weight excluding hydrogens is 265 g/mol. The van der Waals surface area contributed by atoms with E-state index < -0.39 is 9.84 Å². The van der Waals surface area contributed by atoms with Crippen molar-refractivity contribution in [1.29, 1.82) is 0 Å². The third kappa shape index (κ3) is 3.38. The molecule has 100 valence electrons. The lowest BCUT2D eigenvalue weighted by molar-refractivity contribution is 0.586. The van der Waals surface area contributed by atoms with Gasteiger partial charge in [0.15, 0.2) is 14.9 Å². The van der Waals surface area contributed by atoms with Crippen molar-refractivity contribution in [1.82, 2.24) is 4.98 Å². The number of sulfone groups is 1. The predicted molar refractivity (Wildman–Crippen MR) is 71.1 cm³/mol. The first-order valence-corrected chi connectivity index (χ1v) is 7.53. The fourth-order valence-corrected chi connectivity index (χ4v) is 3.36.